The first kappa shape index (κ1) is 14.2. The maximum absolute atomic E-state index is 12.0. The van der Waals surface area contributed by atoms with Crippen LogP contribution in [0.4, 0.5) is 0 Å². The van der Waals surface area contributed by atoms with E-state index in [1.165, 1.54) is 0 Å². The van der Waals surface area contributed by atoms with Crippen LogP contribution in [0, 0.1) is 5.92 Å². The third kappa shape index (κ3) is 3.87. The Bertz CT molecular complexity index is 263. The molecule has 2 aliphatic heterocycles. The number of hydrogen-bond donors (Lipinski definition) is 1. The lowest BCUT2D eigenvalue weighted by atomic mass is 9.99. The Morgan fingerprint density at radius 3 is 3.06 bits per heavy atom. The first-order valence-electron chi connectivity index (χ1n) is 6.90. The zero-order chi connectivity index (χ0) is 12.8. The van der Waals surface area contributed by atoms with Gasteiger partial charge in [-0.05, 0) is 43.6 Å². The molecule has 4 nitrogen and oxygen atoms in total. The molecule has 2 fully saturated rings. The van der Waals surface area contributed by atoms with Crippen LogP contribution in [0.25, 0.3) is 0 Å². The largest absolute Gasteiger partial charge is 0.465 e. The van der Waals surface area contributed by atoms with Gasteiger partial charge in [0.2, 0.25) is 0 Å². The van der Waals surface area contributed by atoms with Gasteiger partial charge in [0, 0.05) is 13.2 Å². The van der Waals surface area contributed by atoms with Crippen LogP contribution >= 0.6 is 11.8 Å². The molecule has 2 saturated heterocycles. The van der Waals surface area contributed by atoms with E-state index in [1.54, 1.807) is 0 Å². The van der Waals surface area contributed by atoms with Crippen molar-refractivity contribution in [3.8, 4) is 0 Å². The van der Waals surface area contributed by atoms with Gasteiger partial charge in [-0.3, -0.25) is 4.79 Å². The highest BCUT2D eigenvalue weighted by atomic mass is 32.2. The number of carbonyl (C=O) groups excluding carboxylic acids is 1. The van der Waals surface area contributed by atoms with Crippen LogP contribution in [-0.4, -0.2) is 49.4 Å². The number of thioether (sulfide) groups is 1. The fraction of sp³-hybridized carbons (Fsp3) is 0.923. The van der Waals surface area contributed by atoms with E-state index >= 15 is 0 Å². The van der Waals surface area contributed by atoms with Crippen molar-refractivity contribution >= 4 is 17.7 Å². The van der Waals surface area contributed by atoms with Crippen LogP contribution < -0.4 is 5.32 Å². The molecule has 0 spiro atoms. The number of ether oxygens (including phenoxy) is 2. The Balaban J connectivity index is 1.84. The van der Waals surface area contributed by atoms with Crippen molar-refractivity contribution < 1.29 is 14.3 Å². The van der Waals surface area contributed by atoms with Gasteiger partial charge in [0.1, 0.15) is 6.04 Å². The van der Waals surface area contributed by atoms with Crippen LogP contribution in [0.15, 0.2) is 0 Å². The SMILES string of the molecule is CCOC(=O)C(NCC1CCCO1)C1CCSC1. The number of hydrogen-bond acceptors (Lipinski definition) is 5. The molecule has 0 amide bonds. The van der Waals surface area contributed by atoms with Crippen molar-refractivity contribution in [2.24, 2.45) is 5.92 Å². The smallest absolute Gasteiger partial charge is 0.323 e. The Hall–Kier alpha value is -0.260. The molecule has 0 saturated carbocycles. The highest BCUT2D eigenvalue weighted by molar-refractivity contribution is 7.99. The molecule has 2 heterocycles. The number of esters is 1. The average molecular weight is 273 g/mol. The van der Waals surface area contributed by atoms with Gasteiger partial charge >= 0.3 is 5.97 Å². The van der Waals surface area contributed by atoms with Gasteiger partial charge in [0.25, 0.3) is 0 Å². The first-order valence-corrected chi connectivity index (χ1v) is 8.06. The van der Waals surface area contributed by atoms with E-state index in [0.29, 0.717) is 12.5 Å². The van der Waals surface area contributed by atoms with E-state index in [-0.39, 0.29) is 18.1 Å². The summed E-state index contributed by atoms with van der Waals surface area (Å²) in [4.78, 5) is 12.0. The minimum atomic E-state index is -0.149. The average Bonchev–Trinajstić information content (AvgIpc) is 3.01. The summed E-state index contributed by atoms with van der Waals surface area (Å²) < 4.78 is 10.8. The van der Waals surface area contributed by atoms with Crippen molar-refractivity contribution in [1.29, 1.82) is 0 Å². The summed E-state index contributed by atoms with van der Waals surface area (Å²) >= 11 is 1.93. The van der Waals surface area contributed by atoms with Gasteiger partial charge in [-0.1, -0.05) is 0 Å². The van der Waals surface area contributed by atoms with Gasteiger partial charge < -0.3 is 14.8 Å². The van der Waals surface area contributed by atoms with Crippen LogP contribution in [0.3, 0.4) is 0 Å². The molecule has 1 N–H and O–H groups in total. The van der Waals surface area contributed by atoms with Crippen molar-refractivity contribution in [3.05, 3.63) is 0 Å². The fourth-order valence-electron chi connectivity index (χ4n) is 2.55. The highest BCUT2D eigenvalue weighted by Gasteiger charge is 2.32. The number of rotatable bonds is 6. The lowest BCUT2D eigenvalue weighted by Gasteiger charge is -2.23. The minimum absolute atomic E-state index is 0.0944. The van der Waals surface area contributed by atoms with Gasteiger partial charge in [0.05, 0.1) is 12.7 Å². The van der Waals surface area contributed by atoms with Gasteiger partial charge in [-0.25, -0.2) is 0 Å². The van der Waals surface area contributed by atoms with Crippen LogP contribution in [0.5, 0.6) is 0 Å². The summed E-state index contributed by atoms with van der Waals surface area (Å²) in [5.74, 6) is 2.53. The van der Waals surface area contributed by atoms with E-state index in [4.69, 9.17) is 9.47 Å². The maximum atomic E-state index is 12.0. The van der Waals surface area contributed by atoms with Crippen molar-refractivity contribution in [2.75, 3.05) is 31.3 Å². The molecular formula is C13H23NO3S. The Morgan fingerprint density at radius 2 is 2.44 bits per heavy atom. The van der Waals surface area contributed by atoms with Crippen molar-refractivity contribution in [3.63, 3.8) is 0 Å². The van der Waals surface area contributed by atoms with Crippen LogP contribution in [0.2, 0.25) is 0 Å². The quantitative estimate of drug-likeness (QED) is 0.742. The Labute approximate surface area is 113 Å². The Morgan fingerprint density at radius 1 is 1.56 bits per heavy atom. The fourth-order valence-corrected chi connectivity index (χ4v) is 3.85. The third-order valence-corrected chi connectivity index (χ3v) is 4.75. The lowest BCUT2D eigenvalue weighted by Crippen LogP contribution is -2.46. The van der Waals surface area contributed by atoms with E-state index in [9.17, 15) is 4.79 Å². The second kappa shape index (κ2) is 7.36. The molecule has 0 radical (unpaired) electrons. The molecule has 104 valence electrons. The zero-order valence-corrected chi connectivity index (χ0v) is 11.8. The molecule has 2 aliphatic rings. The van der Waals surface area contributed by atoms with Crippen molar-refractivity contribution in [2.45, 2.75) is 38.3 Å². The topological polar surface area (TPSA) is 47.6 Å². The lowest BCUT2D eigenvalue weighted by molar-refractivity contribution is -0.147. The molecule has 0 aliphatic carbocycles. The van der Waals surface area contributed by atoms with Gasteiger partial charge in [-0.15, -0.1) is 0 Å². The number of nitrogens with one attached hydrogen (secondary N) is 1. The monoisotopic (exact) mass is 273 g/mol. The summed E-state index contributed by atoms with van der Waals surface area (Å²) in [6.07, 6.45) is 3.61. The summed E-state index contributed by atoms with van der Waals surface area (Å²) in [5.41, 5.74) is 0. The standard InChI is InChI=1S/C13H23NO3S/c1-2-16-13(15)12(10-5-7-18-9-10)14-8-11-4-3-6-17-11/h10-12,14H,2-9H2,1H3. The van der Waals surface area contributed by atoms with E-state index in [2.05, 4.69) is 5.32 Å². The maximum Gasteiger partial charge on any atom is 0.323 e. The third-order valence-electron chi connectivity index (χ3n) is 3.57. The van der Waals surface area contributed by atoms with Crippen LogP contribution in [-0.2, 0) is 14.3 Å². The molecule has 3 atom stereocenters. The van der Waals surface area contributed by atoms with E-state index in [1.807, 2.05) is 18.7 Å². The predicted octanol–water partition coefficient (Wildman–Crippen LogP) is 1.44. The second-order valence-electron chi connectivity index (χ2n) is 4.90. The van der Waals surface area contributed by atoms with E-state index < -0.39 is 0 Å². The molecule has 5 heteroatoms. The Kier molecular flexibility index (Phi) is 5.79. The molecular weight excluding hydrogens is 250 g/mol. The molecule has 0 aromatic heterocycles. The highest BCUT2D eigenvalue weighted by Crippen LogP contribution is 2.27. The van der Waals surface area contributed by atoms with E-state index in [0.717, 1.165) is 43.9 Å². The summed E-state index contributed by atoms with van der Waals surface area (Å²) in [6.45, 7) is 3.94. The molecule has 0 bridgehead atoms. The zero-order valence-electron chi connectivity index (χ0n) is 11.0. The summed E-state index contributed by atoms with van der Waals surface area (Å²) in [5, 5.41) is 3.38. The second-order valence-corrected chi connectivity index (χ2v) is 6.05. The van der Waals surface area contributed by atoms with Gasteiger partial charge in [0.15, 0.2) is 0 Å². The summed E-state index contributed by atoms with van der Waals surface area (Å²) in [7, 11) is 0. The molecule has 3 unspecified atom stereocenters. The van der Waals surface area contributed by atoms with Crippen molar-refractivity contribution in [1.82, 2.24) is 5.32 Å². The number of carbonyl (C=O) groups is 1. The molecule has 0 aromatic carbocycles. The van der Waals surface area contributed by atoms with Crippen LogP contribution in [0.1, 0.15) is 26.2 Å². The predicted molar refractivity (Wildman–Crippen MR) is 72.8 cm³/mol. The minimum Gasteiger partial charge on any atom is -0.465 e. The first-order chi connectivity index (χ1) is 8.81. The van der Waals surface area contributed by atoms with Gasteiger partial charge in [-0.2, -0.15) is 11.8 Å². The molecule has 18 heavy (non-hydrogen) atoms. The normalized spacial score (nSPS) is 29.4. The summed E-state index contributed by atoms with van der Waals surface area (Å²) in [6, 6.07) is -0.149. The molecule has 2 rings (SSSR count). The molecule has 0 aromatic rings.